The number of fused-ring (bicyclic) bond motifs is 2. The number of thioether (sulfide) groups is 1. The van der Waals surface area contributed by atoms with Crippen LogP contribution in [0.25, 0.3) is 5.52 Å². The number of aromatic nitrogens is 3. The number of carboxylic acids is 1. The molecule has 0 saturated carbocycles. The number of nitrogens with two attached hydrogens (primary N) is 1. The van der Waals surface area contributed by atoms with Crippen LogP contribution in [-0.4, -0.2) is 67.2 Å². The number of amides is 2. The van der Waals surface area contributed by atoms with Gasteiger partial charge < -0.3 is 35.3 Å². The van der Waals surface area contributed by atoms with E-state index >= 15 is 0 Å². The number of carbonyl (C=O) groups excluding carboxylic acids is 3. The average Bonchev–Trinajstić information content (AvgIpc) is 3.46. The van der Waals surface area contributed by atoms with E-state index in [4.69, 9.17) is 22.2 Å². The number of oxime groups is 1. The number of carboxylic acid groups (broad SMARTS) is 1. The molecule has 0 spiro atoms. The van der Waals surface area contributed by atoms with Gasteiger partial charge in [0.05, 0.1) is 24.5 Å². The Morgan fingerprint density at radius 3 is 2.89 bits per heavy atom. The maximum Gasteiger partial charge on any atom is 0.276 e. The van der Waals surface area contributed by atoms with E-state index in [2.05, 4.69) is 15.5 Å². The maximum atomic E-state index is 13.1. The minimum Gasteiger partial charge on any atom is -0.543 e. The summed E-state index contributed by atoms with van der Waals surface area (Å²) < 4.78 is 3.73. The number of thiazole rings is 1. The molecular weight excluding hydrogens is 558 g/mol. The highest BCUT2D eigenvalue weighted by molar-refractivity contribution is 8.00. The van der Waals surface area contributed by atoms with Crippen LogP contribution in [0.5, 0.6) is 0 Å². The highest BCUT2D eigenvalue weighted by Crippen LogP contribution is 2.40. The van der Waals surface area contributed by atoms with Crippen molar-refractivity contribution >= 4 is 68.8 Å². The molecule has 2 aliphatic rings. The summed E-state index contributed by atoms with van der Waals surface area (Å²) >= 11 is 8.37. The fraction of sp³-hybridized carbons (Fsp3) is 0.273. The van der Waals surface area contributed by atoms with Gasteiger partial charge in [0.1, 0.15) is 34.1 Å². The number of anilines is 1. The SMILES string of the molecule is CO/N=C(\C(=O)N[C@@H]1C(=O)N2C(C(=O)[O-])=C(C[n+]3ccn4ccc(CO)c4c3)CS[C@@H]12)c1nc(N)sc1Cl. The Balaban J connectivity index is 1.37. The first kappa shape index (κ1) is 26.0. The number of rotatable bonds is 8. The molecule has 38 heavy (non-hydrogen) atoms. The quantitative estimate of drug-likeness (QED) is 0.129. The van der Waals surface area contributed by atoms with E-state index in [-0.39, 0.29) is 45.5 Å². The van der Waals surface area contributed by atoms with Crippen LogP contribution in [-0.2, 0) is 32.4 Å². The molecule has 1 fully saturated rings. The van der Waals surface area contributed by atoms with Crippen molar-refractivity contribution in [1.29, 1.82) is 0 Å². The Kier molecular flexibility index (Phi) is 7.00. The minimum absolute atomic E-state index is 0.00684. The Morgan fingerprint density at radius 1 is 1.45 bits per heavy atom. The summed E-state index contributed by atoms with van der Waals surface area (Å²) in [6, 6.07) is 0.775. The molecule has 5 rings (SSSR count). The molecule has 3 aromatic heterocycles. The summed E-state index contributed by atoms with van der Waals surface area (Å²) in [5.41, 5.74) is 7.14. The lowest BCUT2D eigenvalue weighted by molar-refractivity contribution is -0.688. The molecule has 0 aromatic carbocycles. The van der Waals surface area contributed by atoms with Crippen molar-refractivity contribution in [2.24, 2.45) is 5.16 Å². The van der Waals surface area contributed by atoms with Gasteiger partial charge in [-0.05, 0) is 6.07 Å². The van der Waals surface area contributed by atoms with E-state index in [1.807, 2.05) is 10.6 Å². The Hall–Kier alpha value is -3.66. The number of hydrogen-bond acceptors (Lipinski definition) is 11. The fourth-order valence-electron chi connectivity index (χ4n) is 4.34. The molecule has 3 aromatic rings. The molecule has 16 heteroatoms. The number of nitrogens with zero attached hydrogens (tertiary/aromatic N) is 5. The lowest BCUT2D eigenvalue weighted by Crippen LogP contribution is -2.71. The van der Waals surface area contributed by atoms with Gasteiger partial charge in [0, 0.05) is 23.1 Å². The predicted octanol–water partition coefficient (Wildman–Crippen LogP) is -1.13. The highest BCUT2D eigenvalue weighted by Gasteiger charge is 2.53. The summed E-state index contributed by atoms with van der Waals surface area (Å²) in [4.78, 5) is 48.0. The number of hydrogen-bond donors (Lipinski definition) is 3. The lowest BCUT2D eigenvalue weighted by Gasteiger charge is -2.50. The van der Waals surface area contributed by atoms with Gasteiger partial charge in [0.2, 0.25) is 0 Å². The third-order valence-corrected chi connectivity index (χ3v) is 8.47. The van der Waals surface area contributed by atoms with Crippen LogP contribution < -0.4 is 20.7 Å². The predicted molar refractivity (Wildman–Crippen MR) is 136 cm³/mol. The molecule has 198 valence electrons. The molecule has 4 N–H and O–H groups in total. The van der Waals surface area contributed by atoms with Gasteiger partial charge in [0.15, 0.2) is 29.8 Å². The van der Waals surface area contributed by atoms with Gasteiger partial charge in [-0.3, -0.25) is 14.5 Å². The molecule has 0 bridgehead atoms. The molecule has 13 nitrogen and oxygen atoms in total. The number of β-lactam (4-membered cyclic amide) rings is 1. The van der Waals surface area contributed by atoms with E-state index in [1.54, 1.807) is 29.2 Å². The highest BCUT2D eigenvalue weighted by atomic mass is 35.5. The standard InChI is InChI=1S/C22H20ClN7O6S2/c1-36-27-14(13-17(23)38-22(24)26-13)18(32)25-15-19(33)30-16(21(34)35)11(9-37-20(15)30)6-28-4-5-29-3-2-10(8-31)12(29)7-28/h2-5,7,15,20,31H,6,8-9H2,1H3,(H3-,24,25,26,32,34,35)/b27-14-/t15-,20+/m1/s1. The van der Waals surface area contributed by atoms with Gasteiger partial charge in [-0.1, -0.05) is 28.1 Å². The first-order valence-electron chi connectivity index (χ1n) is 11.0. The molecular formula is C22H20ClN7O6S2. The zero-order valence-electron chi connectivity index (χ0n) is 19.7. The first-order chi connectivity index (χ1) is 18.2. The number of nitrogen functional groups attached to an aromatic ring is 1. The van der Waals surface area contributed by atoms with E-state index in [0.717, 1.165) is 27.3 Å². The van der Waals surface area contributed by atoms with Gasteiger partial charge in [-0.25, -0.2) is 4.98 Å². The number of nitrogens with one attached hydrogen (secondary N) is 1. The summed E-state index contributed by atoms with van der Waals surface area (Å²) in [5.74, 6) is -2.60. The molecule has 0 aliphatic carbocycles. The number of aliphatic carboxylic acids is 1. The fourth-order valence-corrected chi connectivity index (χ4v) is 6.60. The van der Waals surface area contributed by atoms with Crippen LogP contribution in [0.15, 0.2) is 47.3 Å². The molecule has 0 unspecified atom stereocenters. The van der Waals surface area contributed by atoms with Gasteiger partial charge >= 0.3 is 0 Å². The number of halogens is 1. The van der Waals surface area contributed by atoms with E-state index in [9.17, 15) is 24.6 Å². The van der Waals surface area contributed by atoms with Crippen molar-refractivity contribution < 1.29 is 34.0 Å². The van der Waals surface area contributed by atoms with Crippen LogP contribution in [0.1, 0.15) is 11.3 Å². The van der Waals surface area contributed by atoms with E-state index in [1.165, 1.54) is 18.9 Å². The van der Waals surface area contributed by atoms with Crippen LogP contribution in [0.2, 0.25) is 4.34 Å². The van der Waals surface area contributed by atoms with Crippen LogP contribution in [0, 0.1) is 0 Å². The lowest BCUT2D eigenvalue weighted by atomic mass is 10.0. The monoisotopic (exact) mass is 577 g/mol. The number of carbonyl (C=O) groups is 3. The molecule has 2 aliphatic heterocycles. The molecule has 1 saturated heterocycles. The van der Waals surface area contributed by atoms with Crippen LogP contribution in [0.4, 0.5) is 5.13 Å². The van der Waals surface area contributed by atoms with Crippen molar-refractivity contribution in [2.45, 2.75) is 24.6 Å². The molecule has 2 amide bonds. The van der Waals surface area contributed by atoms with Crippen molar-refractivity contribution in [2.75, 3.05) is 18.6 Å². The molecule has 0 radical (unpaired) electrons. The van der Waals surface area contributed by atoms with Gasteiger partial charge in [-0.15, -0.1) is 11.8 Å². The number of aliphatic hydroxyl groups excluding tert-OH is 1. The normalized spacial score (nSPS) is 19.4. The first-order valence-corrected chi connectivity index (χ1v) is 13.3. The van der Waals surface area contributed by atoms with Crippen LogP contribution in [0.3, 0.4) is 0 Å². The zero-order valence-corrected chi connectivity index (χ0v) is 22.0. The second kappa shape index (κ2) is 10.2. The van der Waals surface area contributed by atoms with E-state index in [0.29, 0.717) is 5.57 Å². The number of aliphatic hydroxyl groups is 1. The topological polar surface area (TPSA) is 179 Å². The average molecular weight is 578 g/mol. The summed E-state index contributed by atoms with van der Waals surface area (Å²) in [5, 5.41) is 27.4. The largest absolute Gasteiger partial charge is 0.543 e. The Morgan fingerprint density at radius 2 is 2.24 bits per heavy atom. The van der Waals surface area contributed by atoms with Crippen molar-refractivity contribution in [3.05, 3.63) is 57.7 Å². The molecule has 5 heterocycles. The maximum absolute atomic E-state index is 13.1. The summed E-state index contributed by atoms with van der Waals surface area (Å²) in [7, 11) is 1.24. The zero-order chi connectivity index (χ0) is 27.1. The third-order valence-electron chi connectivity index (χ3n) is 6.05. The van der Waals surface area contributed by atoms with Gasteiger partial charge in [0.25, 0.3) is 11.8 Å². The van der Waals surface area contributed by atoms with Gasteiger partial charge in [-0.2, -0.15) is 4.57 Å². The summed E-state index contributed by atoms with van der Waals surface area (Å²) in [6.07, 6.45) is 7.15. The minimum atomic E-state index is -1.49. The second-order valence-electron chi connectivity index (χ2n) is 8.29. The molecule has 2 atom stereocenters. The second-order valence-corrected chi connectivity index (χ2v) is 11.0. The Bertz CT molecular complexity index is 1530. The van der Waals surface area contributed by atoms with Crippen LogP contribution >= 0.6 is 34.7 Å². The van der Waals surface area contributed by atoms with Crippen molar-refractivity contribution in [3.63, 3.8) is 0 Å². The smallest absolute Gasteiger partial charge is 0.276 e. The Labute approximate surface area is 228 Å². The summed E-state index contributed by atoms with van der Waals surface area (Å²) in [6.45, 7) is 0.0457. The van der Waals surface area contributed by atoms with Crippen molar-refractivity contribution in [1.82, 2.24) is 19.6 Å². The van der Waals surface area contributed by atoms with Crippen molar-refractivity contribution in [3.8, 4) is 0 Å². The van der Waals surface area contributed by atoms with E-state index < -0.39 is 29.2 Å². The third kappa shape index (κ3) is 4.47.